The van der Waals surface area contributed by atoms with E-state index < -0.39 is 14.8 Å². The zero-order valence-electron chi connectivity index (χ0n) is 10.1. The number of aromatic nitrogens is 2. The first kappa shape index (κ1) is 13.2. The lowest BCUT2D eigenvalue weighted by atomic mass is 10.2. The molecule has 8 heteroatoms. The summed E-state index contributed by atoms with van der Waals surface area (Å²) in [7, 11) is -3.21. The number of benzene rings is 1. The summed E-state index contributed by atoms with van der Waals surface area (Å²) in [6, 6.07) is 7.63. The molecule has 2 aromatic rings. The molecule has 1 aromatic heterocycles. The fraction of sp³-hybridized carbons (Fsp3) is 0.182. The van der Waals surface area contributed by atoms with Gasteiger partial charge < -0.3 is 10.1 Å². The lowest BCUT2D eigenvalue weighted by Gasteiger charge is -2.01. The minimum atomic E-state index is -3.21. The van der Waals surface area contributed by atoms with Crippen molar-refractivity contribution in [3.63, 3.8) is 0 Å². The van der Waals surface area contributed by atoms with E-state index in [1.807, 2.05) is 0 Å². The van der Waals surface area contributed by atoms with Crippen LogP contribution >= 0.6 is 0 Å². The highest BCUT2D eigenvalue weighted by Crippen LogP contribution is 2.12. The van der Waals surface area contributed by atoms with E-state index in [2.05, 4.69) is 5.10 Å². The van der Waals surface area contributed by atoms with Crippen molar-refractivity contribution in [2.45, 2.75) is 11.4 Å². The van der Waals surface area contributed by atoms with Crippen LogP contribution in [0.2, 0.25) is 0 Å². The van der Waals surface area contributed by atoms with Crippen LogP contribution in [-0.2, 0) is 16.4 Å². The molecular weight excluding hydrogens is 270 g/mol. The van der Waals surface area contributed by atoms with Crippen LogP contribution in [0.4, 0.5) is 5.82 Å². The van der Waals surface area contributed by atoms with E-state index in [-0.39, 0.29) is 10.7 Å². The Hall–Kier alpha value is -2.22. The van der Waals surface area contributed by atoms with Crippen molar-refractivity contribution in [1.29, 1.82) is 0 Å². The third-order valence-corrected chi connectivity index (χ3v) is 3.64. The molecule has 0 atom stereocenters. The van der Waals surface area contributed by atoms with E-state index in [0.29, 0.717) is 6.54 Å². The fourth-order valence-electron chi connectivity index (χ4n) is 1.57. The van der Waals surface area contributed by atoms with Gasteiger partial charge >= 0.3 is 5.82 Å². The van der Waals surface area contributed by atoms with Crippen LogP contribution in [0.5, 0.6) is 0 Å². The van der Waals surface area contributed by atoms with E-state index in [0.717, 1.165) is 11.8 Å². The Labute approximate surface area is 109 Å². The molecule has 0 saturated carbocycles. The molecule has 0 spiro atoms. The largest absolute Gasteiger partial charge is 0.389 e. The van der Waals surface area contributed by atoms with Crippen molar-refractivity contribution in [2.75, 3.05) is 6.26 Å². The molecule has 100 valence electrons. The minimum Gasteiger partial charge on any atom is -0.358 e. The second kappa shape index (κ2) is 4.81. The van der Waals surface area contributed by atoms with E-state index in [9.17, 15) is 18.5 Å². The second-order valence-corrected chi connectivity index (χ2v) is 6.06. The normalized spacial score (nSPS) is 11.4. The van der Waals surface area contributed by atoms with Gasteiger partial charge in [0.25, 0.3) is 0 Å². The summed E-state index contributed by atoms with van der Waals surface area (Å²) in [6.07, 6.45) is 2.64. The van der Waals surface area contributed by atoms with Gasteiger partial charge in [-0.25, -0.2) is 8.42 Å². The van der Waals surface area contributed by atoms with Gasteiger partial charge in [-0.1, -0.05) is 12.1 Å². The van der Waals surface area contributed by atoms with Gasteiger partial charge in [-0.2, -0.15) is 4.68 Å². The molecule has 7 nitrogen and oxygen atoms in total. The lowest BCUT2D eigenvalue weighted by molar-refractivity contribution is -0.389. The maximum atomic E-state index is 11.3. The van der Waals surface area contributed by atoms with Crippen molar-refractivity contribution < 1.29 is 13.3 Å². The molecule has 0 saturated heterocycles. The molecule has 0 aliphatic rings. The summed E-state index contributed by atoms with van der Waals surface area (Å²) in [5, 5.41) is 14.3. The Balaban J connectivity index is 2.17. The smallest absolute Gasteiger partial charge is 0.358 e. The SMILES string of the molecule is CS(=O)(=O)c1ccc(Cn2ccc([N+](=O)[O-])n2)cc1. The Morgan fingerprint density at radius 2 is 1.89 bits per heavy atom. The van der Waals surface area contributed by atoms with Crippen molar-refractivity contribution in [3.8, 4) is 0 Å². The van der Waals surface area contributed by atoms with Crippen LogP contribution in [0.15, 0.2) is 41.4 Å². The Morgan fingerprint density at radius 1 is 1.26 bits per heavy atom. The zero-order valence-corrected chi connectivity index (χ0v) is 10.9. The first-order valence-corrected chi connectivity index (χ1v) is 7.22. The van der Waals surface area contributed by atoms with Crippen LogP contribution < -0.4 is 0 Å². The highest BCUT2D eigenvalue weighted by atomic mass is 32.2. The summed E-state index contributed by atoms with van der Waals surface area (Å²) in [4.78, 5) is 10.2. The third kappa shape index (κ3) is 3.16. The average molecular weight is 281 g/mol. The molecule has 0 radical (unpaired) electrons. The standard InChI is InChI=1S/C11H11N3O4S/c1-19(17,18)10-4-2-9(3-5-10)8-13-7-6-11(12-13)14(15)16/h2-7H,8H2,1H3. The van der Waals surface area contributed by atoms with Crippen molar-refractivity contribution in [2.24, 2.45) is 0 Å². The number of hydrogen-bond donors (Lipinski definition) is 0. The molecule has 0 unspecified atom stereocenters. The molecule has 0 amide bonds. The summed E-state index contributed by atoms with van der Waals surface area (Å²) in [5.74, 6) is -0.215. The number of sulfone groups is 1. The van der Waals surface area contributed by atoms with E-state index >= 15 is 0 Å². The lowest BCUT2D eigenvalue weighted by Crippen LogP contribution is -2.02. The number of nitrogens with zero attached hydrogens (tertiary/aromatic N) is 3. The average Bonchev–Trinajstić information content (AvgIpc) is 2.77. The van der Waals surface area contributed by atoms with Crippen molar-refractivity contribution >= 4 is 15.7 Å². The van der Waals surface area contributed by atoms with Crippen LogP contribution in [0.1, 0.15) is 5.56 Å². The van der Waals surface area contributed by atoms with Gasteiger partial charge in [0.15, 0.2) is 9.84 Å². The highest BCUT2D eigenvalue weighted by molar-refractivity contribution is 7.90. The van der Waals surface area contributed by atoms with E-state index in [4.69, 9.17) is 0 Å². The van der Waals surface area contributed by atoms with E-state index in [1.54, 1.807) is 12.1 Å². The molecule has 0 bridgehead atoms. The molecule has 2 rings (SSSR count). The van der Waals surface area contributed by atoms with Gasteiger partial charge in [0, 0.05) is 6.26 Å². The molecule has 1 heterocycles. The van der Waals surface area contributed by atoms with Gasteiger partial charge in [-0.05, 0) is 22.6 Å². The Morgan fingerprint density at radius 3 is 2.37 bits per heavy atom. The third-order valence-electron chi connectivity index (χ3n) is 2.51. The van der Waals surface area contributed by atoms with Crippen molar-refractivity contribution in [1.82, 2.24) is 9.78 Å². The molecule has 0 N–H and O–H groups in total. The highest BCUT2D eigenvalue weighted by Gasteiger charge is 2.11. The number of rotatable bonds is 4. The predicted octanol–water partition coefficient (Wildman–Crippen LogP) is 1.24. The Kier molecular flexibility index (Phi) is 3.34. The number of hydrogen-bond acceptors (Lipinski definition) is 5. The minimum absolute atomic E-state index is 0.215. The van der Waals surface area contributed by atoms with Gasteiger partial charge in [0.2, 0.25) is 0 Å². The van der Waals surface area contributed by atoms with E-state index in [1.165, 1.54) is 29.1 Å². The van der Waals surface area contributed by atoms with Crippen LogP contribution in [0.3, 0.4) is 0 Å². The summed E-state index contributed by atoms with van der Waals surface area (Å²) < 4.78 is 24.0. The van der Waals surface area contributed by atoms with Gasteiger partial charge in [0.1, 0.15) is 0 Å². The summed E-state index contributed by atoms with van der Waals surface area (Å²) >= 11 is 0. The predicted molar refractivity (Wildman–Crippen MR) is 67.5 cm³/mol. The fourth-order valence-corrected chi connectivity index (χ4v) is 2.20. The van der Waals surface area contributed by atoms with Crippen LogP contribution in [-0.4, -0.2) is 29.4 Å². The molecule has 1 aromatic carbocycles. The van der Waals surface area contributed by atoms with Gasteiger partial charge in [-0.3, -0.25) is 0 Å². The summed E-state index contributed by atoms with van der Waals surface area (Å²) in [5.41, 5.74) is 0.811. The first-order chi connectivity index (χ1) is 8.86. The molecule has 0 fully saturated rings. The zero-order chi connectivity index (χ0) is 14.0. The molecule has 0 aliphatic carbocycles. The second-order valence-electron chi connectivity index (χ2n) is 4.04. The molecular formula is C11H11N3O4S. The quantitative estimate of drug-likeness (QED) is 0.620. The molecule has 0 aliphatic heterocycles. The Bertz CT molecular complexity index is 704. The monoisotopic (exact) mass is 281 g/mol. The molecule has 19 heavy (non-hydrogen) atoms. The van der Waals surface area contributed by atoms with Crippen LogP contribution in [0, 0.1) is 10.1 Å². The maximum Gasteiger partial charge on any atom is 0.389 e. The van der Waals surface area contributed by atoms with Gasteiger partial charge in [-0.15, -0.1) is 0 Å². The van der Waals surface area contributed by atoms with Crippen LogP contribution in [0.25, 0.3) is 0 Å². The summed E-state index contributed by atoms with van der Waals surface area (Å²) in [6.45, 7) is 0.345. The van der Waals surface area contributed by atoms with Gasteiger partial charge in [0.05, 0.1) is 28.8 Å². The maximum absolute atomic E-state index is 11.3. The topological polar surface area (TPSA) is 95.1 Å². The first-order valence-electron chi connectivity index (χ1n) is 5.33. The van der Waals surface area contributed by atoms with Crippen molar-refractivity contribution in [3.05, 3.63) is 52.2 Å². The number of nitro groups is 1.